The van der Waals surface area contributed by atoms with Crippen LogP contribution in [-0.4, -0.2) is 10.2 Å². The van der Waals surface area contributed by atoms with Crippen LogP contribution in [0.3, 0.4) is 0 Å². The molecule has 0 atom stereocenters. The van der Waals surface area contributed by atoms with Crippen molar-refractivity contribution >= 4 is 0 Å². The van der Waals surface area contributed by atoms with Gasteiger partial charge in [0.2, 0.25) is 0 Å². The standard InChI is InChI=1S/C6H5O2.Re/c7-5-2-1-3-6(8)4-5;/h2-4,7-8H;/q-1;. The summed E-state index contributed by atoms with van der Waals surface area (Å²) >= 11 is 0. The van der Waals surface area contributed by atoms with Crippen LogP contribution in [0.5, 0.6) is 11.5 Å². The van der Waals surface area contributed by atoms with Crippen LogP contribution in [0.25, 0.3) is 0 Å². The Kier molecular flexibility index (Phi) is 3.30. The zero-order valence-electron chi connectivity index (χ0n) is 4.50. The molecule has 0 unspecified atom stereocenters. The van der Waals surface area contributed by atoms with E-state index < -0.39 is 0 Å². The van der Waals surface area contributed by atoms with Crippen molar-refractivity contribution in [2.75, 3.05) is 0 Å². The van der Waals surface area contributed by atoms with Gasteiger partial charge in [0.1, 0.15) is 0 Å². The maximum atomic E-state index is 8.62. The summed E-state index contributed by atoms with van der Waals surface area (Å²) in [6, 6.07) is 6.52. The van der Waals surface area contributed by atoms with E-state index in [9.17, 15) is 0 Å². The number of rotatable bonds is 0. The Bertz CT molecular complexity index is 171. The van der Waals surface area contributed by atoms with Crippen LogP contribution in [-0.2, 0) is 20.4 Å². The first-order valence-corrected chi connectivity index (χ1v) is 2.18. The number of benzene rings is 1. The first kappa shape index (κ1) is 8.48. The molecule has 0 amide bonds. The molecule has 2 N–H and O–H groups in total. The summed E-state index contributed by atoms with van der Waals surface area (Å²) in [5.41, 5.74) is 0. The van der Waals surface area contributed by atoms with Gasteiger partial charge in [-0.25, -0.2) is 0 Å². The number of hydrogen-bond acceptors (Lipinski definition) is 2. The predicted octanol–water partition coefficient (Wildman–Crippen LogP) is 0.895. The van der Waals surface area contributed by atoms with E-state index in [0.29, 0.717) is 0 Å². The zero-order chi connectivity index (χ0) is 5.98. The number of phenols is 2. The van der Waals surface area contributed by atoms with Gasteiger partial charge in [0, 0.05) is 31.9 Å². The van der Waals surface area contributed by atoms with Gasteiger partial charge >= 0.3 is 0 Å². The summed E-state index contributed by atoms with van der Waals surface area (Å²) in [7, 11) is 0. The molecule has 0 spiro atoms. The van der Waals surface area contributed by atoms with Crippen molar-refractivity contribution in [3.8, 4) is 11.5 Å². The summed E-state index contributed by atoms with van der Waals surface area (Å²) in [4.78, 5) is 0. The van der Waals surface area contributed by atoms with Crippen LogP contribution in [0.15, 0.2) is 18.2 Å². The summed E-state index contributed by atoms with van der Waals surface area (Å²) < 4.78 is 0. The first-order chi connectivity index (χ1) is 3.79. The van der Waals surface area contributed by atoms with E-state index in [4.69, 9.17) is 10.2 Å². The molecule has 0 saturated carbocycles. The molecule has 0 aromatic heterocycles. The Labute approximate surface area is 66.8 Å². The van der Waals surface area contributed by atoms with Crippen molar-refractivity contribution in [1.29, 1.82) is 0 Å². The Balaban J connectivity index is 0.000000640. The van der Waals surface area contributed by atoms with Crippen molar-refractivity contribution in [2.24, 2.45) is 0 Å². The molecule has 0 bridgehead atoms. The number of phenolic OH excluding ortho intramolecular Hbond substituents is 2. The fourth-order valence-corrected chi connectivity index (χ4v) is 0.447. The molecule has 49 valence electrons. The van der Waals surface area contributed by atoms with Crippen LogP contribution in [0.4, 0.5) is 0 Å². The van der Waals surface area contributed by atoms with Crippen LogP contribution in [0.1, 0.15) is 0 Å². The summed E-state index contributed by atoms with van der Waals surface area (Å²) in [6.07, 6.45) is 0. The van der Waals surface area contributed by atoms with Crippen molar-refractivity contribution in [2.45, 2.75) is 0 Å². The van der Waals surface area contributed by atoms with Crippen molar-refractivity contribution in [1.82, 2.24) is 0 Å². The maximum absolute atomic E-state index is 8.62. The predicted molar refractivity (Wildman–Crippen MR) is 28.6 cm³/mol. The molecule has 1 aromatic carbocycles. The molecule has 0 saturated heterocycles. The second-order valence-electron chi connectivity index (χ2n) is 1.45. The largest absolute Gasteiger partial charge is 0.566 e. The normalized spacial score (nSPS) is 8.00. The summed E-state index contributed by atoms with van der Waals surface area (Å²) in [5.74, 6) is 0.0648. The minimum Gasteiger partial charge on any atom is -0.566 e. The maximum Gasteiger partial charge on any atom is 0.00666 e. The van der Waals surface area contributed by atoms with Crippen LogP contribution in [0.2, 0.25) is 0 Å². The third kappa shape index (κ3) is 2.50. The minimum atomic E-state index is 0. The van der Waals surface area contributed by atoms with E-state index in [-0.39, 0.29) is 31.9 Å². The average Bonchev–Trinajstić information content (AvgIpc) is 1.64. The molecule has 1 rings (SSSR count). The monoisotopic (exact) mass is 296 g/mol. The topological polar surface area (TPSA) is 40.5 Å². The smallest absolute Gasteiger partial charge is 0.00666 e. The third-order valence-electron chi connectivity index (χ3n) is 0.758. The van der Waals surface area contributed by atoms with E-state index in [1.165, 1.54) is 18.2 Å². The molecule has 9 heavy (non-hydrogen) atoms. The van der Waals surface area contributed by atoms with Crippen molar-refractivity contribution < 1.29 is 30.6 Å². The molecule has 0 aliphatic heterocycles. The Morgan fingerprint density at radius 3 is 1.78 bits per heavy atom. The van der Waals surface area contributed by atoms with E-state index in [0.717, 1.165) is 0 Å². The number of aromatic hydroxyl groups is 2. The van der Waals surface area contributed by atoms with Gasteiger partial charge in [-0.1, -0.05) is 6.07 Å². The summed E-state index contributed by atoms with van der Waals surface area (Å²) in [6.45, 7) is 0. The van der Waals surface area contributed by atoms with Gasteiger partial charge in [-0.05, 0) is 0 Å². The van der Waals surface area contributed by atoms with E-state index in [2.05, 4.69) is 6.07 Å². The third-order valence-corrected chi connectivity index (χ3v) is 0.758. The van der Waals surface area contributed by atoms with Gasteiger partial charge in [-0.3, -0.25) is 0 Å². The quantitative estimate of drug-likeness (QED) is 0.698. The van der Waals surface area contributed by atoms with Gasteiger partial charge in [0.25, 0.3) is 0 Å². The zero-order valence-corrected chi connectivity index (χ0v) is 7.22. The van der Waals surface area contributed by atoms with Crippen LogP contribution < -0.4 is 0 Å². The Morgan fingerprint density at radius 2 is 1.56 bits per heavy atom. The average molecular weight is 295 g/mol. The van der Waals surface area contributed by atoms with Gasteiger partial charge in [0.15, 0.2) is 0 Å². The van der Waals surface area contributed by atoms with Gasteiger partial charge < -0.3 is 10.2 Å². The molecule has 0 aliphatic rings. The van der Waals surface area contributed by atoms with Crippen LogP contribution in [0, 0.1) is 6.07 Å². The van der Waals surface area contributed by atoms with Crippen molar-refractivity contribution in [3.63, 3.8) is 0 Å². The Morgan fingerprint density at radius 1 is 1.11 bits per heavy atom. The molecule has 0 heterocycles. The van der Waals surface area contributed by atoms with Gasteiger partial charge in [0.05, 0.1) is 0 Å². The van der Waals surface area contributed by atoms with E-state index in [1.807, 2.05) is 0 Å². The molecule has 1 radical (unpaired) electrons. The second-order valence-corrected chi connectivity index (χ2v) is 1.45. The van der Waals surface area contributed by atoms with E-state index in [1.54, 1.807) is 0 Å². The molecule has 2 nitrogen and oxygen atoms in total. The molecule has 1 aromatic rings. The fraction of sp³-hybridized carbons (Fsp3) is 0. The van der Waals surface area contributed by atoms with Crippen LogP contribution >= 0.6 is 0 Å². The molecule has 0 fully saturated rings. The molecular weight excluding hydrogens is 290 g/mol. The van der Waals surface area contributed by atoms with Gasteiger partial charge in [-0.2, -0.15) is 6.07 Å². The SMILES string of the molecule is Oc1c[c-]cc(O)c1.[Re]. The second kappa shape index (κ2) is 3.50. The molecule has 0 aliphatic carbocycles. The Hall–Kier alpha value is -0.518. The van der Waals surface area contributed by atoms with Gasteiger partial charge in [-0.15, -0.1) is 12.1 Å². The summed E-state index contributed by atoms with van der Waals surface area (Å²) in [5, 5.41) is 17.2. The van der Waals surface area contributed by atoms with E-state index >= 15 is 0 Å². The first-order valence-electron chi connectivity index (χ1n) is 2.18. The van der Waals surface area contributed by atoms with Crippen molar-refractivity contribution in [3.05, 3.63) is 24.3 Å². The minimum absolute atomic E-state index is 0. The number of hydrogen-bond donors (Lipinski definition) is 2. The molecule has 3 heteroatoms. The molecular formula is C6H5O2Re-. The fourth-order valence-electron chi connectivity index (χ4n) is 0.447.